The Balaban J connectivity index is 5.50. The summed E-state index contributed by atoms with van der Waals surface area (Å²) in [5, 5.41) is 10.6. The van der Waals surface area contributed by atoms with E-state index in [1.54, 1.807) is 0 Å². The van der Waals surface area contributed by atoms with Crippen molar-refractivity contribution in [1.29, 1.82) is 0 Å². The number of phosphoric acid groups is 2. The number of aliphatic hydroxyl groups is 1. The van der Waals surface area contributed by atoms with Gasteiger partial charge >= 0.3 is 39.5 Å². The predicted octanol–water partition coefficient (Wildman–Crippen LogP) is 24.2. The molecule has 0 saturated carbocycles. The van der Waals surface area contributed by atoms with Gasteiger partial charge in [0.05, 0.1) is 26.4 Å². The Labute approximate surface area is 643 Å². The van der Waals surface area contributed by atoms with Gasteiger partial charge in [-0.15, -0.1) is 0 Å². The molecule has 0 aliphatic carbocycles. The van der Waals surface area contributed by atoms with E-state index in [1.165, 1.54) is 96.3 Å². The number of allylic oxidation sites excluding steroid dienone is 24. The SMILES string of the molecule is CC/C=C\C/C=C\C/C=C\C/C=C\C/C=C\C/C=C\CCC(=O)OC[C@H](COP(=O)(O)OC[C@@H](O)COP(=O)(O)OC[C@@H](COC(=O)CCCCCCCCC/C=C\CCCCCC)OC(=O)CCCCCCC/C=C\CCCCCCCC)OC(=O)CCC/C=C\C/C=C\C/C=C\C/C=C\CCCCC. The summed E-state index contributed by atoms with van der Waals surface area (Å²) >= 11 is 0. The smallest absolute Gasteiger partial charge is 0.462 e. The number of hydrogen-bond donors (Lipinski definition) is 3. The summed E-state index contributed by atoms with van der Waals surface area (Å²) in [4.78, 5) is 73.0. The van der Waals surface area contributed by atoms with Crippen LogP contribution in [0.2, 0.25) is 0 Å². The van der Waals surface area contributed by atoms with Crippen molar-refractivity contribution >= 4 is 39.5 Å². The highest BCUT2D eigenvalue weighted by Crippen LogP contribution is 2.45. The minimum absolute atomic E-state index is 0.00107. The molecule has 2 unspecified atom stereocenters. The molecule has 19 heteroatoms. The zero-order chi connectivity index (χ0) is 77.4. The lowest BCUT2D eigenvalue weighted by Gasteiger charge is -2.21. The third kappa shape index (κ3) is 77.1. The second kappa shape index (κ2) is 78.1. The van der Waals surface area contributed by atoms with Crippen LogP contribution in [0.3, 0.4) is 0 Å². The summed E-state index contributed by atoms with van der Waals surface area (Å²) in [5.74, 6) is -2.35. The largest absolute Gasteiger partial charge is 0.472 e. The predicted molar refractivity (Wildman–Crippen MR) is 436 cm³/mol. The molecule has 0 amide bonds. The van der Waals surface area contributed by atoms with Gasteiger partial charge in [-0.05, 0) is 154 Å². The summed E-state index contributed by atoms with van der Waals surface area (Å²) in [6.07, 6.45) is 89.8. The lowest BCUT2D eigenvalue weighted by Crippen LogP contribution is -2.30. The number of ether oxygens (including phenoxy) is 4. The van der Waals surface area contributed by atoms with E-state index >= 15 is 0 Å². The minimum atomic E-state index is -5.01. The van der Waals surface area contributed by atoms with E-state index in [-0.39, 0.29) is 25.7 Å². The number of esters is 4. The molecule has 606 valence electrons. The van der Waals surface area contributed by atoms with E-state index < -0.39 is 97.5 Å². The zero-order valence-electron chi connectivity index (χ0n) is 66.3. The topological polar surface area (TPSA) is 237 Å². The summed E-state index contributed by atoms with van der Waals surface area (Å²) in [6.45, 7) is 4.57. The van der Waals surface area contributed by atoms with Crippen molar-refractivity contribution in [3.63, 3.8) is 0 Å². The number of unbranched alkanes of at least 4 members (excludes halogenated alkanes) is 26. The third-order valence-electron chi connectivity index (χ3n) is 16.8. The Morgan fingerprint density at radius 2 is 0.519 bits per heavy atom. The van der Waals surface area contributed by atoms with Crippen LogP contribution in [-0.2, 0) is 65.4 Å². The van der Waals surface area contributed by atoms with Gasteiger partial charge in [0.25, 0.3) is 0 Å². The van der Waals surface area contributed by atoms with Crippen LogP contribution in [0, 0.1) is 0 Å². The Bertz CT molecular complexity index is 2580. The van der Waals surface area contributed by atoms with Gasteiger partial charge in [-0.2, -0.15) is 0 Å². The molecule has 0 aliphatic heterocycles. The van der Waals surface area contributed by atoms with Gasteiger partial charge in [-0.25, -0.2) is 9.13 Å². The van der Waals surface area contributed by atoms with Crippen molar-refractivity contribution in [3.05, 3.63) is 146 Å². The number of rotatable bonds is 76. The van der Waals surface area contributed by atoms with Gasteiger partial charge in [0.2, 0.25) is 0 Å². The van der Waals surface area contributed by atoms with Gasteiger partial charge < -0.3 is 33.8 Å². The van der Waals surface area contributed by atoms with Crippen molar-refractivity contribution in [2.45, 2.75) is 341 Å². The van der Waals surface area contributed by atoms with Gasteiger partial charge in [0, 0.05) is 25.7 Å². The number of carbonyl (C=O) groups excluding carboxylic acids is 4. The van der Waals surface area contributed by atoms with Gasteiger partial charge in [0.1, 0.15) is 19.3 Å². The first-order chi connectivity index (χ1) is 51.7. The van der Waals surface area contributed by atoms with Crippen LogP contribution in [0.15, 0.2) is 146 Å². The van der Waals surface area contributed by atoms with Gasteiger partial charge in [-0.1, -0.05) is 289 Å². The fraction of sp³-hybridized carbons (Fsp3) is 0.678. The number of phosphoric ester groups is 2. The molecule has 3 N–H and O–H groups in total. The Morgan fingerprint density at radius 1 is 0.274 bits per heavy atom. The molecule has 0 fully saturated rings. The van der Waals surface area contributed by atoms with E-state index in [2.05, 4.69) is 143 Å². The maximum absolute atomic E-state index is 13.1. The summed E-state index contributed by atoms with van der Waals surface area (Å²) in [5.41, 5.74) is 0. The molecule has 0 aliphatic rings. The quantitative estimate of drug-likeness (QED) is 0.0169. The summed E-state index contributed by atoms with van der Waals surface area (Å²) in [7, 11) is -10.0. The van der Waals surface area contributed by atoms with Crippen molar-refractivity contribution in [2.75, 3.05) is 39.6 Å². The number of hydrogen-bond acceptors (Lipinski definition) is 15. The van der Waals surface area contributed by atoms with Crippen LogP contribution < -0.4 is 0 Å². The number of aliphatic hydroxyl groups excluding tert-OH is 1. The molecule has 0 aromatic rings. The van der Waals surface area contributed by atoms with E-state index in [4.69, 9.17) is 37.0 Å². The van der Waals surface area contributed by atoms with Crippen LogP contribution in [-0.4, -0.2) is 96.7 Å². The molecule has 0 heterocycles. The second-order valence-corrected chi connectivity index (χ2v) is 29.9. The lowest BCUT2D eigenvalue weighted by molar-refractivity contribution is -0.161. The standard InChI is InChI=1S/C87H146O17P2/c1-5-9-13-17-21-25-29-33-37-39-40-42-45-48-52-56-60-64-68-72-85(90)98-78-83(104-87(92)74-70-66-62-58-54-50-46-41-38-34-30-26-22-18-14-10-6-2)80-102-106(95,96)100-76-81(88)75-99-105(93,94)101-79-82(103-86(91)73-69-65-61-57-53-49-44-36-32-28-24-20-16-12-8-4)77-97-84(89)71-67-63-59-55-51-47-43-35-31-27-23-19-15-11-7-3/h9,13,21-22,25-27,31,33-34,36-38,40,42,44,46,48,50,52,58,60,62,64,81-83,88H,5-8,10-12,14-20,23-24,28-30,32,35,39,41,43,45,47,49,51,53-57,59,61,63,65-80H2,1-4H3,(H,93,94)(H,95,96)/b13-9-,25-21-,26-22-,31-27-,37-33-,38-34-,42-40-,44-36-,50-46-,52-48-,62-58-,64-60-/t81-,82+,83+/m0/s1. The van der Waals surface area contributed by atoms with Crippen LogP contribution in [0.1, 0.15) is 323 Å². The summed E-state index contributed by atoms with van der Waals surface area (Å²) < 4.78 is 68.5. The fourth-order valence-electron chi connectivity index (χ4n) is 10.5. The van der Waals surface area contributed by atoms with Crippen molar-refractivity contribution in [2.24, 2.45) is 0 Å². The Kier molecular flexibility index (Phi) is 74.3. The maximum Gasteiger partial charge on any atom is 0.472 e. The van der Waals surface area contributed by atoms with E-state index in [9.17, 15) is 43.2 Å². The molecular weight excluding hydrogens is 1380 g/mol. The monoisotopic (exact) mass is 1530 g/mol. The third-order valence-corrected chi connectivity index (χ3v) is 18.7. The highest BCUT2D eigenvalue weighted by Gasteiger charge is 2.30. The second-order valence-electron chi connectivity index (χ2n) is 27.0. The molecule has 106 heavy (non-hydrogen) atoms. The molecule has 0 rings (SSSR count). The average molecular weight is 1530 g/mol. The number of carbonyl (C=O) groups is 4. The first-order valence-corrected chi connectivity index (χ1v) is 44.1. The molecule has 0 saturated heterocycles. The van der Waals surface area contributed by atoms with E-state index in [1.807, 2.05) is 30.4 Å². The van der Waals surface area contributed by atoms with Crippen LogP contribution in [0.4, 0.5) is 0 Å². The van der Waals surface area contributed by atoms with Gasteiger partial charge in [0.15, 0.2) is 12.2 Å². The van der Waals surface area contributed by atoms with E-state index in [0.717, 1.165) is 135 Å². The van der Waals surface area contributed by atoms with Crippen LogP contribution >= 0.6 is 15.6 Å². The first kappa shape index (κ1) is 101. The molecule has 0 aromatic carbocycles. The molecule has 5 atom stereocenters. The Morgan fingerprint density at radius 3 is 0.887 bits per heavy atom. The lowest BCUT2D eigenvalue weighted by atomic mass is 10.1. The van der Waals surface area contributed by atoms with Crippen LogP contribution in [0.25, 0.3) is 0 Å². The maximum atomic E-state index is 13.1. The first-order valence-electron chi connectivity index (χ1n) is 41.1. The highest BCUT2D eigenvalue weighted by molar-refractivity contribution is 7.47. The van der Waals surface area contributed by atoms with Crippen molar-refractivity contribution < 1.29 is 80.2 Å². The minimum Gasteiger partial charge on any atom is -0.462 e. The normalized spacial score (nSPS) is 14.6. The summed E-state index contributed by atoms with van der Waals surface area (Å²) in [6, 6.07) is 0. The fourth-order valence-corrected chi connectivity index (χ4v) is 12.1. The molecule has 0 aromatic heterocycles. The molecule has 0 radical (unpaired) electrons. The highest BCUT2D eigenvalue weighted by atomic mass is 31.2. The Hall–Kier alpha value is -5.06. The molecule has 17 nitrogen and oxygen atoms in total. The van der Waals surface area contributed by atoms with Crippen LogP contribution in [0.5, 0.6) is 0 Å². The average Bonchev–Trinajstić information content (AvgIpc) is 0.902. The van der Waals surface area contributed by atoms with E-state index in [0.29, 0.717) is 38.5 Å². The molecular formula is C87H146O17P2. The van der Waals surface area contributed by atoms with Gasteiger partial charge in [-0.3, -0.25) is 37.3 Å². The van der Waals surface area contributed by atoms with Crippen molar-refractivity contribution in [3.8, 4) is 0 Å². The molecule has 0 spiro atoms. The van der Waals surface area contributed by atoms with Crippen molar-refractivity contribution in [1.82, 2.24) is 0 Å². The molecule has 0 bridgehead atoms. The zero-order valence-corrected chi connectivity index (χ0v) is 68.1.